The number of fused-ring (bicyclic) bond motifs is 1. The molecule has 1 atom stereocenters. The van der Waals surface area contributed by atoms with Crippen LogP contribution in [0.15, 0.2) is 66.7 Å². The van der Waals surface area contributed by atoms with Crippen LogP contribution in [-0.2, 0) is 6.42 Å². The van der Waals surface area contributed by atoms with Gasteiger partial charge in [-0.25, -0.2) is 4.39 Å². The van der Waals surface area contributed by atoms with E-state index < -0.39 is 0 Å². The van der Waals surface area contributed by atoms with Crippen molar-refractivity contribution in [2.24, 2.45) is 5.73 Å². The van der Waals surface area contributed by atoms with Gasteiger partial charge in [0.15, 0.2) is 0 Å². The number of hydrogen-bond donors (Lipinski definition) is 2. The van der Waals surface area contributed by atoms with Crippen LogP contribution in [0, 0.1) is 5.82 Å². The van der Waals surface area contributed by atoms with Gasteiger partial charge in [-0.05, 0) is 47.0 Å². The van der Waals surface area contributed by atoms with Crippen LogP contribution in [0.2, 0.25) is 0 Å². The van der Waals surface area contributed by atoms with Gasteiger partial charge in [-0.2, -0.15) is 0 Å². The Morgan fingerprint density at radius 2 is 1.65 bits per heavy atom. The van der Waals surface area contributed by atoms with Crippen molar-refractivity contribution in [3.63, 3.8) is 0 Å². The fourth-order valence-corrected chi connectivity index (χ4v) is 2.71. The minimum Gasteiger partial charge on any atom is -0.323 e. The Labute approximate surface area is 136 Å². The van der Waals surface area contributed by atoms with E-state index in [4.69, 9.17) is 5.73 Å². The lowest BCUT2D eigenvalue weighted by molar-refractivity contribution is 0.594. The second kappa shape index (κ2) is 7.36. The molecule has 3 rings (SSSR count). The average Bonchev–Trinajstić information content (AvgIpc) is 2.59. The molecule has 0 radical (unpaired) electrons. The molecule has 0 fully saturated rings. The molecule has 0 aromatic heterocycles. The number of halogens is 1. The number of nitrogens with one attached hydrogen (secondary N) is 1. The quantitative estimate of drug-likeness (QED) is 0.680. The first kappa shape index (κ1) is 15.7. The Hall–Kier alpha value is -2.23. The number of benzene rings is 3. The fourth-order valence-electron chi connectivity index (χ4n) is 2.71. The Morgan fingerprint density at radius 3 is 2.43 bits per heavy atom. The van der Waals surface area contributed by atoms with Gasteiger partial charge in [-0.15, -0.1) is 0 Å². The van der Waals surface area contributed by atoms with Crippen LogP contribution in [0.25, 0.3) is 10.8 Å². The summed E-state index contributed by atoms with van der Waals surface area (Å²) in [4.78, 5) is 0. The zero-order valence-corrected chi connectivity index (χ0v) is 13.0. The summed E-state index contributed by atoms with van der Waals surface area (Å²) in [5.74, 6) is -0.231. The lowest BCUT2D eigenvalue weighted by Gasteiger charge is -2.13. The van der Waals surface area contributed by atoms with E-state index in [1.54, 1.807) is 12.1 Å². The molecule has 3 heteroatoms. The van der Waals surface area contributed by atoms with Crippen molar-refractivity contribution < 1.29 is 4.39 Å². The van der Waals surface area contributed by atoms with Gasteiger partial charge in [0.2, 0.25) is 0 Å². The molecule has 0 spiro atoms. The first-order valence-electron chi connectivity index (χ1n) is 7.92. The van der Waals surface area contributed by atoms with Crippen LogP contribution in [0.1, 0.15) is 17.2 Å². The molecule has 2 nitrogen and oxygen atoms in total. The molecule has 0 aliphatic heterocycles. The van der Waals surface area contributed by atoms with Crippen LogP contribution in [0.4, 0.5) is 4.39 Å². The van der Waals surface area contributed by atoms with Crippen molar-refractivity contribution in [2.75, 3.05) is 13.1 Å². The number of rotatable bonds is 6. The van der Waals surface area contributed by atoms with Crippen LogP contribution in [-0.4, -0.2) is 13.1 Å². The van der Waals surface area contributed by atoms with Crippen molar-refractivity contribution in [3.8, 4) is 0 Å². The van der Waals surface area contributed by atoms with E-state index in [1.165, 1.54) is 28.5 Å². The van der Waals surface area contributed by atoms with Crippen molar-refractivity contribution >= 4 is 10.8 Å². The van der Waals surface area contributed by atoms with Gasteiger partial charge in [0, 0.05) is 12.6 Å². The summed E-state index contributed by atoms with van der Waals surface area (Å²) < 4.78 is 12.9. The van der Waals surface area contributed by atoms with Gasteiger partial charge in [0.05, 0.1) is 0 Å². The topological polar surface area (TPSA) is 38.0 Å². The van der Waals surface area contributed by atoms with Crippen molar-refractivity contribution in [1.29, 1.82) is 0 Å². The van der Waals surface area contributed by atoms with Gasteiger partial charge >= 0.3 is 0 Å². The molecule has 3 aromatic carbocycles. The van der Waals surface area contributed by atoms with Crippen LogP contribution >= 0.6 is 0 Å². The molecular formula is C20H21FN2. The summed E-state index contributed by atoms with van der Waals surface area (Å²) in [5.41, 5.74) is 8.37. The highest BCUT2D eigenvalue weighted by Gasteiger charge is 2.05. The van der Waals surface area contributed by atoms with E-state index >= 15 is 0 Å². The largest absolute Gasteiger partial charge is 0.323 e. The second-order valence-corrected chi connectivity index (χ2v) is 5.79. The molecule has 0 heterocycles. The predicted molar refractivity (Wildman–Crippen MR) is 93.9 cm³/mol. The molecule has 1 unspecified atom stereocenters. The van der Waals surface area contributed by atoms with Crippen molar-refractivity contribution in [2.45, 2.75) is 12.5 Å². The normalized spacial score (nSPS) is 12.4. The van der Waals surface area contributed by atoms with E-state index in [2.05, 4.69) is 47.8 Å². The molecule has 0 saturated heterocycles. The van der Waals surface area contributed by atoms with E-state index in [0.29, 0.717) is 6.54 Å². The molecule has 0 saturated carbocycles. The second-order valence-electron chi connectivity index (χ2n) is 5.79. The van der Waals surface area contributed by atoms with E-state index in [0.717, 1.165) is 18.5 Å². The molecule has 23 heavy (non-hydrogen) atoms. The highest BCUT2D eigenvalue weighted by atomic mass is 19.1. The average molecular weight is 308 g/mol. The summed E-state index contributed by atoms with van der Waals surface area (Å²) >= 11 is 0. The number of hydrogen-bond acceptors (Lipinski definition) is 2. The highest BCUT2D eigenvalue weighted by Crippen LogP contribution is 2.16. The van der Waals surface area contributed by atoms with Crippen molar-refractivity contribution in [1.82, 2.24) is 5.32 Å². The molecule has 3 aromatic rings. The first-order valence-corrected chi connectivity index (χ1v) is 7.92. The summed E-state index contributed by atoms with van der Waals surface area (Å²) in [6, 6.07) is 21.2. The summed E-state index contributed by atoms with van der Waals surface area (Å²) in [5, 5.41) is 5.91. The SMILES string of the molecule is NC(CNCCc1ccc2ccccc2c1)c1ccc(F)cc1. The Kier molecular flexibility index (Phi) is 5.01. The van der Waals surface area contributed by atoms with Crippen LogP contribution in [0.5, 0.6) is 0 Å². The first-order chi connectivity index (χ1) is 11.2. The highest BCUT2D eigenvalue weighted by molar-refractivity contribution is 5.82. The predicted octanol–water partition coefficient (Wildman–Crippen LogP) is 3.81. The van der Waals surface area contributed by atoms with E-state index in [9.17, 15) is 4.39 Å². The minimum absolute atomic E-state index is 0.118. The van der Waals surface area contributed by atoms with Crippen molar-refractivity contribution in [3.05, 3.63) is 83.7 Å². The van der Waals surface area contributed by atoms with E-state index in [1.807, 2.05) is 0 Å². The lowest BCUT2D eigenvalue weighted by atomic mass is 10.0. The Balaban J connectivity index is 1.49. The molecule has 0 amide bonds. The third-order valence-electron chi connectivity index (χ3n) is 4.07. The maximum Gasteiger partial charge on any atom is 0.123 e. The summed E-state index contributed by atoms with van der Waals surface area (Å²) in [6.45, 7) is 1.55. The molecule has 0 aliphatic carbocycles. The maximum absolute atomic E-state index is 12.9. The molecule has 118 valence electrons. The van der Waals surface area contributed by atoms with Gasteiger partial charge in [-0.3, -0.25) is 0 Å². The maximum atomic E-state index is 12.9. The summed E-state index contributed by atoms with van der Waals surface area (Å²) in [6.07, 6.45) is 0.959. The lowest BCUT2D eigenvalue weighted by Crippen LogP contribution is -2.28. The monoisotopic (exact) mass is 308 g/mol. The zero-order chi connectivity index (χ0) is 16.1. The smallest absolute Gasteiger partial charge is 0.123 e. The number of nitrogens with two attached hydrogens (primary N) is 1. The van der Waals surface area contributed by atoms with Gasteiger partial charge in [-0.1, -0.05) is 54.6 Å². The molecule has 0 bridgehead atoms. The van der Waals surface area contributed by atoms with Gasteiger partial charge < -0.3 is 11.1 Å². The third kappa shape index (κ3) is 4.15. The van der Waals surface area contributed by atoms with Gasteiger partial charge in [0.25, 0.3) is 0 Å². The van der Waals surface area contributed by atoms with Gasteiger partial charge in [0.1, 0.15) is 5.82 Å². The molecule has 3 N–H and O–H groups in total. The molecule has 0 aliphatic rings. The Morgan fingerprint density at radius 1 is 0.913 bits per heavy atom. The third-order valence-corrected chi connectivity index (χ3v) is 4.07. The van der Waals surface area contributed by atoms with Crippen LogP contribution < -0.4 is 11.1 Å². The Bertz CT molecular complexity index is 768. The standard InChI is InChI=1S/C20H21FN2/c21-19-9-7-17(8-10-19)20(22)14-23-12-11-15-5-6-16-3-1-2-4-18(16)13-15/h1-10,13,20,23H,11-12,14,22H2. The fraction of sp³-hybridized carbons (Fsp3) is 0.200. The van der Waals surface area contributed by atoms with Crippen LogP contribution in [0.3, 0.4) is 0 Å². The molecular weight excluding hydrogens is 287 g/mol. The zero-order valence-electron chi connectivity index (χ0n) is 13.0. The van der Waals surface area contributed by atoms with E-state index in [-0.39, 0.29) is 11.9 Å². The minimum atomic E-state index is -0.231. The summed E-state index contributed by atoms with van der Waals surface area (Å²) in [7, 11) is 0.